The molecule has 5 saturated heterocycles. The van der Waals surface area contributed by atoms with Gasteiger partial charge in [0.05, 0.1) is 72.1 Å². The molecule has 99 heavy (non-hydrogen) atoms. The Morgan fingerprint density at radius 2 is 1.16 bits per heavy atom. The van der Waals surface area contributed by atoms with Gasteiger partial charge in [0.1, 0.15) is 109 Å². The van der Waals surface area contributed by atoms with E-state index < -0.39 is 221 Å². The number of allylic oxidation sites excluding steroid dienone is 1. The number of hydrogen-bond acceptors (Lipinski definition) is 32. The molecule has 0 radical (unpaired) electrons. The molecule has 4 aliphatic carbocycles. The lowest BCUT2D eigenvalue weighted by atomic mass is 9.46. The molecule has 1 aromatic rings. The first-order valence-electron chi connectivity index (χ1n) is 34.2. The molecule has 0 amide bonds. The molecule has 10 rings (SSSR count). The van der Waals surface area contributed by atoms with E-state index >= 15 is 0 Å². The third-order valence-corrected chi connectivity index (χ3v) is 22.7. The zero-order valence-corrected chi connectivity index (χ0v) is 57.1. The second-order valence-electron chi connectivity index (χ2n) is 28.9. The van der Waals surface area contributed by atoms with E-state index in [-0.39, 0.29) is 65.1 Å². The van der Waals surface area contributed by atoms with Crippen molar-refractivity contribution in [2.24, 2.45) is 40.4 Å². The quantitative estimate of drug-likeness (QED) is 0.0376. The molecule has 32 heteroatoms. The van der Waals surface area contributed by atoms with Crippen LogP contribution in [-0.4, -0.2) is 303 Å². The van der Waals surface area contributed by atoms with E-state index in [1.54, 1.807) is 6.92 Å². The molecule has 3 saturated carbocycles. The number of carbonyl (C=O) groups excluding carboxylic acids is 3. The molecular weight excluding hydrogens is 1320 g/mol. The molecule has 0 bridgehead atoms. The van der Waals surface area contributed by atoms with E-state index in [1.807, 2.05) is 20.8 Å². The predicted octanol–water partition coefficient (Wildman–Crippen LogP) is -2.49. The minimum atomic E-state index is -1.89. The van der Waals surface area contributed by atoms with Gasteiger partial charge in [0, 0.05) is 24.7 Å². The van der Waals surface area contributed by atoms with E-state index in [2.05, 4.69) is 13.0 Å². The van der Waals surface area contributed by atoms with Gasteiger partial charge < -0.3 is 143 Å². The number of methoxy groups -OCH3 is 3. The Morgan fingerprint density at radius 3 is 1.73 bits per heavy atom. The Bertz CT molecular complexity index is 2910. The van der Waals surface area contributed by atoms with Crippen molar-refractivity contribution in [1.29, 1.82) is 0 Å². The molecular formula is C67H102O32. The maximum atomic E-state index is 14.6. The zero-order valence-electron chi connectivity index (χ0n) is 57.1. The summed E-state index contributed by atoms with van der Waals surface area (Å²) >= 11 is 0. The normalized spacial score (nSPS) is 44.9. The molecule has 562 valence electrons. The number of ketones is 1. The summed E-state index contributed by atoms with van der Waals surface area (Å²) in [6.45, 7) is 8.03. The van der Waals surface area contributed by atoms with E-state index in [0.717, 1.165) is 12.5 Å². The lowest BCUT2D eigenvalue weighted by molar-refractivity contribution is -0.345. The largest absolute Gasteiger partial charge is 0.493 e. The third kappa shape index (κ3) is 15.2. The van der Waals surface area contributed by atoms with Crippen LogP contribution >= 0.6 is 0 Å². The van der Waals surface area contributed by atoms with Gasteiger partial charge in [-0.3, -0.25) is 9.59 Å². The van der Waals surface area contributed by atoms with Crippen LogP contribution in [0.5, 0.6) is 17.2 Å². The van der Waals surface area contributed by atoms with E-state index in [4.69, 9.17) is 71.1 Å². The fraction of sp³-hybridized carbons (Fsp3) is 0.836. The molecule has 1 aromatic carbocycles. The second-order valence-corrected chi connectivity index (χ2v) is 28.9. The molecule has 8 fully saturated rings. The zero-order chi connectivity index (χ0) is 72.1. The van der Waals surface area contributed by atoms with Gasteiger partial charge in [-0.2, -0.15) is 0 Å². The predicted molar refractivity (Wildman–Crippen MR) is 332 cm³/mol. The van der Waals surface area contributed by atoms with Crippen molar-refractivity contribution >= 4 is 17.7 Å². The average Bonchev–Trinajstić information content (AvgIpc) is 1.56. The first kappa shape index (κ1) is 77.6. The van der Waals surface area contributed by atoms with Crippen molar-refractivity contribution in [1.82, 2.24) is 0 Å². The van der Waals surface area contributed by atoms with Crippen molar-refractivity contribution in [2.75, 3.05) is 54.4 Å². The molecule has 5 heterocycles. The van der Waals surface area contributed by atoms with Gasteiger partial charge in [0.25, 0.3) is 0 Å². The highest BCUT2D eigenvalue weighted by molar-refractivity contribution is 5.91. The summed E-state index contributed by atoms with van der Waals surface area (Å²) in [6.07, 6.45) is -34.0. The number of aliphatic hydroxyl groups excluding tert-OH is 13. The summed E-state index contributed by atoms with van der Waals surface area (Å²) in [4.78, 5) is 41.6. The number of ether oxygens (including phenoxy) is 15. The summed E-state index contributed by atoms with van der Waals surface area (Å²) in [7, 11) is 4.06. The van der Waals surface area contributed by atoms with Crippen LogP contribution in [-0.2, 0) is 66.4 Å². The number of hydrogen-bond donors (Lipinski definition) is 14. The van der Waals surface area contributed by atoms with Crippen LogP contribution in [0.2, 0.25) is 0 Å². The van der Waals surface area contributed by atoms with Gasteiger partial charge in [0.2, 0.25) is 5.75 Å². The summed E-state index contributed by atoms with van der Waals surface area (Å²) in [5.74, 6) is -2.83. The van der Waals surface area contributed by atoms with Crippen LogP contribution in [0.3, 0.4) is 0 Å². The first-order chi connectivity index (χ1) is 46.8. The number of benzene rings is 1. The topological polar surface area (TPSA) is 473 Å². The smallest absolute Gasteiger partial charge is 0.338 e. The van der Waals surface area contributed by atoms with Gasteiger partial charge in [-0.15, -0.1) is 0 Å². The van der Waals surface area contributed by atoms with Crippen LogP contribution in [0.1, 0.15) is 110 Å². The molecule has 0 unspecified atom stereocenters. The number of esters is 2. The average molecular weight is 1420 g/mol. The molecule has 14 N–H and O–H groups in total. The monoisotopic (exact) mass is 1420 g/mol. The maximum absolute atomic E-state index is 14.6. The van der Waals surface area contributed by atoms with Gasteiger partial charge in [-0.25, -0.2) is 4.79 Å². The lowest BCUT2D eigenvalue weighted by Gasteiger charge is -2.59. The number of rotatable bonds is 24. The summed E-state index contributed by atoms with van der Waals surface area (Å²) in [5, 5.41) is 154. The van der Waals surface area contributed by atoms with Crippen molar-refractivity contribution in [2.45, 2.75) is 258 Å². The number of fused-ring (bicyclic) bond motifs is 5. The Morgan fingerprint density at radius 1 is 0.606 bits per heavy atom. The highest BCUT2D eigenvalue weighted by Crippen LogP contribution is 2.69. The summed E-state index contributed by atoms with van der Waals surface area (Å²) in [5.41, 5.74) is -2.29. The molecule has 5 aliphatic heterocycles. The van der Waals surface area contributed by atoms with Crippen LogP contribution in [0.4, 0.5) is 0 Å². The Balaban J connectivity index is 0.834. The number of carbonyl (C=O) groups is 3. The molecule has 0 aromatic heterocycles. The number of Topliss-reactive ketones (excluding diaryl/α,β-unsaturated/α-hetero) is 1. The Hall–Kier alpha value is -3.99. The molecule has 0 spiro atoms. The standard InChI is InChI=1S/C67H102O32/c1-27(2)10-13-36(70)28(3)67(84)44(97-64-58(92-29(4)69)55(38(72)24-89-64)99-63-57(45(73)37(71)23-88-63)98-59(83)30-18-39(85-7)56(87-9)40(19-30)86-8)21-35-33-12-11-31-20-32(14-16-65(31,5)34(33)15-17-66(35,67)6)93-62-54(82)51(79)48(76)43(96-62)26-91-61-53(81)50(78)47(75)42(95-61)25-90-60-52(80)49(77)46(74)41(22-68)94-60/h11,18-19,27-28,32-35,37-38,41-55,57-58,60-64,68,71-82,84H,10,12-17,20-26H2,1-9H3/t28-,32+,33-,34+,35+,37-,38+,41-,42-,43-,44+,45+,46-,47-,48-,49+,50+,51+,52-,53-,54-,55+,57-,58-,60-,61-,62-,63+,64+,65+,66+,67-/m1/s1. The fourth-order valence-electron chi connectivity index (χ4n) is 16.8. The second kappa shape index (κ2) is 31.8. The van der Waals surface area contributed by atoms with E-state index in [0.29, 0.717) is 44.9 Å². The van der Waals surface area contributed by atoms with Gasteiger partial charge in [-0.1, -0.05) is 46.3 Å². The minimum Gasteiger partial charge on any atom is -0.493 e. The lowest BCUT2D eigenvalue weighted by Crippen LogP contribution is -2.64. The van der Waals surface area contributed by atoms with Crippen molar-refractivity contribution in [3.05, 3.63) is 29.3 Å². The highest BCUT2D eigenvalue weighted by atomic mass is 16.8. The minimum absolute atomic E-state index is 0.0326. The molecule has 32 atom stereocenters. The fourth-order valence-corrected chi connectivity index (χ4v) is 16.8. The number of aliphatic hydroxyl groups is 14. The van der Waals surface area contributed by atoms with Crippen molar-refractivity contribution in [3.8, 4) is 17.2 Å². The Labute approximate surface area is 572 Å². The molecule has 9 aliphatic rings. The Kier molecular flexibility index (Phi) is 24.9. The van der Waals surface area contributed by atoms with Crippen LogP contribution in [0.25, 0.3) is 0 Å². The summed E-state index contributed by atoms with van der Waals surface area (Å²) in [6, 6.07) is 2.62. The van der Waals surface area contributed by atoms with Gasteiger partial charge >= 0.3 is 11.9 Å². The molecule has 32 nitrogen and oxygen atoms in total. The van der Waals surface area contributed by atoms with E-state index in [9.17, 15) is 85.9 Å². The SMILES string of the molecule is COc1cc(C(=O)O[C@H]2[C@H](O[C@@H]3[C@@H](OC(C)=O)[C@H](O[C@H]4C[C@H]5[C@@H]6CC=C7C[C@@H](O[C@@H]8O[C@H](CO[C@@H]9O[C@H](CO[C@@H]%10O[C@H](CO)[C@@H](O)[C@H](O)[C@H]%10O)[C@@H](O)[C@H](O)[C@H]9O)[C@@H](O)[C@H](O)[C@H]8O)CC[C@]7(C)[C@H]6CC[C@]5(C)[C@@]4(O)[C@H](C)C(=O)CCC(C)C)OC[C@@H]3O)OC[C@@H](O)[C@@H]2O)cc(OC)c1OC. The van der Waals surface area contributed by atoms with Crippen LogP contribution in [0.15, 0.2) is 23.8 Å². The van der Waals surface area contributed by atoms with E-state index in [1.165, 1.54) is 33.5 Å². The third-order valence-electron chi connectivity index (χ3n) is 22.7. The maximum Gasteiger partial charge on any atom is 0.338 e. The first-order valence-corrected chi connectivity index (χ1v) is 34.2. The van der Waals surface area contributed by atoms with Crippen LogP contribution < -0.4 is 14.2 Å². The van der Waals surface area contributed by atoms with Crippen molar-refractivity contribution < 1.29 is 157 Å². The van der Waals surface area contributed by atoms with Crippen molar-refractivity contribution in [3.63, 3.8) is 0 Å². The highest BCUT2D eigenvalue weighted by Gasteiger charge is 2.71. The van der Waals surface area contributed by atoms with Gasteiger partial charge in [-0.05, 0) is 92.6 Å². The van der Waals surface area contributed by atoms with Gasteiger partial charge in [0.15, 0.2) is 55.2 Å². The summed E-state index contributed by atoms with van der Waals surface area (Å²) < 4.78 is 88.2. The van der Waals surface area contributed by atoms with Crippen LogP contribution in [0, 0.1) is 40.4 Å².